The Bertz CT molecular complexity index is 557. The third-order valence-corrected chi connectivity index (χ3v) is 2.55. The standard InChI is InChI=1S/C12H10BrN3O/c13-9-5-11(7-15-6-9)16-12(17)8-2-1-3-10(14)4-8/h1-7H,14H2,(H,16,17). The Morgan fingerprint density at radius 2 is 2.12 bits per heavy atom. The average Bonchev–Trinajstić information content (AvgIpc) is 2.29. The fraction of sp³-hybridized carbons (Fsp3) is 0. The van der Waals surface area contributed by atoms with Gasteiger partial charge in [0, 0.05) is 21.9 Å². The molecule has 0 aliphatic heterocycles. The fourth-order valence-corrected chi connectivity index (χ4v) is 1.73. The SMILES string of the molecule is Nc1cccc(C(=O)Nc2cncc(Br)c2)c1. The first kappa shape index (κ1) is 11.6. The lowest BCUT2D eigenvalue weighted by Crippen LogP contribution is -2.12. The van der Waals surface area contributed by atoms with Gasteiger partial charge in [0.2, 0.25) is 0 Å². The molecule has 0 saturated heterocycles. The molecule has 0 fully saturated rings. The van der Waals surface area contributed by atoms with E-state index in [1.165, 1.54) is 0 Å². The summed E-state index contributed by atoms with van der Waals surface area (Å²) in [5.41, 5.74) is 7.32. The minimum absolute atomic E-state index is 0.211. The number of carbonyl (C=O) groups excluding carboxylic acids is 1. The predicted molar refractivity (Wildman–Crippen MR) is 70.7 cm³/mol. The first-order valence-electron chi connectivity index (χ1n) is 4.92. The molecule has 4 nitrogen and oxygen atoms in total. The quantitative estimate of drug-likeness (QED) is 0.836. The van der Waals surface area contributed by atoms with Gasteiger partial charge in [0.1, 0.15) is 0 Å². The highest BCUT2D eigenvalue weighted by Gasteiger charge is 2.06. The van der Waals surface area contributed by atoms with E-state index >= 15 is 0 Å². The summed E-state index contributed by atoms with van der Waals surface area (Å²) in [4.78, 5) is 15.8. The summed E-state index contributed by atoms with van der Waals surface area (Å²) in [6, 6.07) is 8.58. The molecule has 1 aromatic heterocycles. The Balaban J connectivity index is 2.17. The van der Waals surface area contributed by atoms with Crippen LogP contribution in [0.2, 0.25) is 0 Å². The van der Waals surface area contributed by atoms with Crippen molar-refractivity contribution in [1.29, 1.82) is 0 Å². The number of hydrogen-bond acceptors (Lipinski definition) is 3. The zero-order chi connectivity index (χ0) is 12.3. The summed E-state index contributed by atoms with van der Waals surface area (Å²) >= 11 is 3.29. The van der Waals surface area contributed by atoms with E-state index in [4.69, 9.17) is 5.73 Å². The molecule has 17 heavy (non-hydrogen) atoms. The highest BCUT2D eigenvalue weighted by atomic mass is 79.9. The summed E-state index contributed by atoms with van der Waals surface area (Å²) in [6.45, 7) is 0. The van der Waals surface area contributed by atoms with Crippen molar-refractivity contribution in [3.63, 3.8) is 0 Å². The van der Waals surface area contributed by atoms with Crippen LogP contribution >= 0.6 is 15.9 Å². The number of nitrogens with one attached hydrogen (secondary N) is 1. The lowest BCUT2D eigenvalue weighted by atomic mass is 10.2. The van der Waals surface area contributed by atoms with Crippen LogP contribution in [0.3, 0.4) is 0 Å². The minimum Gasteiger partial charge on any atom is -0.399 e. The second kappa shape index (κ2) is 4.97. The third kappa shape index (κ3) is 3.04. The van der Waals surface area contributed by atoms with E-state index in [0.29, 0.717) is 16.9 Å². The second-order valence-electron chi connectivity index (χ2n) is 3.47. The van der Waals surface area contributed by atoms with Crippen molar-refractivity contribution in [2.75, 3.05) is 11.1 Å². The normalized spacial score (nSPS) is 9.94. The predicted octanol–water partition coefficient (Wildman–Crippen LogP) is 2.68. The van der Waals surface area contributed by atoms with Crippen LogP contribution in [0, 0.1) is 0 Å². The largest absolute Gasteiger partial charge is 0.399 e. The summed E-state index contributed by atoms with van der Waals surface area (Å²) in [7, 11) is 0. The molecule has 3 N–H and O–H groups in total. The van der Waals surface area contributed by atoms with Gasteiger partial charge >= 0.3 is 0 Å². The Kier molecular flexibility index (Phi) is 3.39. The molecule has 0 aliphatic rings. The van der Waals surface area contributed by atoms with Crippen LogP contribution in [-0.4, -0.2) is 10.9 Å². The minimum atomic E-state index is -0.211. The number of rotatable bonds is 2. The molecule has 1 heterocycles. The van der Waals surface area contributed by atoms with Crippen LogP contribution < -0.4 is 11.1 Å². The molecule has 1 amide bonds. The molecule has 0 unspecified atom stereocenters. The van der Waals surface area contributed by atoms with Crippen molar-refractivity contribution >= 4 is 33.2 Å². The molecule has 2 rings (SSSR count). The van der Waals surface area contributed by atoms with Gasteiger partial charge < -0.3 is 11.1 Å². The van der Waals surface area contributed by atoms with Gasteiger partial charge in [-0.1, -0.05) is 6.07 Å². The number of nitrogens with two attached hydrogens (primary N) is 1. The number of benzene rings is 1. The van der Waals surface area contributed by atoms with Crippen molar-refractivity contribution in [3.8, 4) is 0 Å². The summed E-state index contributed by atoms with van der Waals surface area (Å²) < 4.78 is 0.808. The number of hydrogen-bond donors (Lipinski definition) is 2. The van der Waals surface area contributed by atoms with Crippen LogP contribution in [0.1, 0.15) is 10.4 Å². The lowest BCUT2D eigenvalue weighted by molar-refractivity contribution is 0.102. The van der Waals surface area contributed by atoms with Crippen molar-refractivity contribution < 1.29 is 4.79 Å². The van der Waals surface area contributed by atoms with Gasteiger partial charge in [-0.05, 0) is 40.2 Å². The number of pyridine rings is 1. The van der Waals surface area contributed by atoms with Crippen molar-refractivity contribution in [2.24, 2.45) is 0 Å². The van der Waals surface area contributed by atoms with E-state index in [9.17, 15) is 4.79 Å². The maximum Gasteiger partial charge on any atom is 0.255 e. The number of amides is 1. The van der Waals surface area contributed by atoms with Gasteiger partial charge in [-0.3, -0.25) is 9.78 Å². The Morgan fingerprint density at radius 1 is 1.29 bits per heavy atom. The summed E-state index contributed by atoms with van der Waals surface area (Å²) in [5.74, 6) is -0.211. The average molecular weight is 292 g/mol. The van der Waals surface area contributed by atoms with Crippen molar-refractivity contribution in [2.45, 2.75) is 0 Å². The number of anilines is 2. The van der Waals surface area contributed by atoms with E-state index in [1.54, 1.807) is 42.7 Å². The number of halogens is 1. The Labute approximate surface area is 107 Å². The smallest absolute Gasteiger partial charge is 0.255 e. The van der Waals surface area contributed by atoms with Gasteiger partial charge in [0.05, 0.1) is 11.9 Å². The molecule has 0 saturated carbocycles. The molecule has 0 aliphatic carbocycles. The summed E-state index contributed by atoms with van der Waals surface area (Å²) in [6.07, 6.45) is 3.23. The highest BCUT2D eigenvalue weighted by Crippen LogP contribution is 2.15. The van der Waals surface area contributed by atoms with Crippen molar-refractivity contribution in [1.82, 2.24) is 4.98 Å². The topological polar surface area (TPSA) is 68.0 Å². The molecule has 0 radical (unpaired) electrons. The van der Waals surface area contributed by atoms with Crippen LogP contribution in [-0.2, 0) is 0 Å². The van der Waals surface area contributed by atoms with Crippen LogP contribution in [0.5, 0.6) is 0 Å². The molecule has 2 aromatic rings. The highest BCUT2D eigenvalue weighted by molar-refractivity contribution is 9.10. The monoisotopic (exact) mass is 291 g/mol. The van der Waals surface area contributed by atoms with E-state index < -0.39 is 0 Å². The first-order chi connectivity index (χ1) is 8.15. The third-order valence-electron chi connectivity index (χ3n) is 2.11. The van der Waals surface area contributed by atoms with Crippen molar-refractivity contribution in [3.05, 3.63) is 52.8 Å². The Morgan fingerprint density at radius 3 is 2.82 bits per heavy atom. The maximum atomic E-state index is 11.9. The van der Waals surface area contributed by atoms with Crippen LogP contribution in [0.15, 0.2) is 47.2 Å². The molecular formula is C12H10BrN3O. The van der Waals surface area contributed by atoms with E-state index in [0.717, 1.165) is 4.47 Å². The zero-order valence-electron chi connectivity index (χ0n) is 8.85. The van der Waals surface area contributed by atoms with Crippen LogP contribution in [0.25, 0.3) is 0 Å². The zero-order valence-corrected chi connectivity index (χ0v) is 10.4. The number of aromatic nitrogens is 1. The molecule has 5 heteroatoms. The second-order valence-corrected chi connectivity index (χ2v) is 4.39. The number of carbonyl (C=O) groups is 1. The van der Waals surface area contributed by atoms with E-state index in [1.807, 2.05) is 0 Å². The van der Waals surface area contributed by atoms with E-state index in [-0.39, 0.29) is 5.91 Å². The molecule has 86 valence electrons. The van der Waals surface area contributed by atoms with Gasteiger partial charge in [-0.2, -0.15) is 0 Å². The number of nitrogen functional groups attached to an aromatic ring is 1. The Hall–Kier alpha value is -1.88. The lowest BCUT2D eigenvalue weighted by Gasteiger charge is -2.05. The summed E-state index contributed by atoms with van der Waals surface area (Å²) in [5, 5.41) is 2.74. The molecule has 0 spiro atoms. The molecule has 0 atom stereocenters. The fourth-order valence-electron chi connectivity index (χ4n) is 1.36. The van der Waals surface area contributed by atoms with Gasteiger partial charge in [-0.15, -0.1) is 0 Å². The van der Waals surface area contributed by atoms with Gasteiger partial charge in [0.25, 0.3) is 5.91 Å². The maximum absolute atomic E-state index is 11.9. The van der Waals surface area contributed by atoms with Crippen LogP contribution in [0.4, 0.5) is 11.4 Å². The molecule has 1 aromatic carbocycles. The molecule has 0 bridgehead atoms. The molecular weight excluding hydrogens is 282 g/mol. The van der Waals surface area contributed by atoms with Gasteiger partial charge in [0.15, 0.2) is 0 Å². The van der Waals surface area contributed by atoms with Gasteiger partial charge in [-0.25, -0.2) is 0 Å². The van der Waals surface area contributed by atoms with E-state index in [2.05, 4.69) is 26.2 Å². The first-order valence-corrected chi connectivity index (χ1v) is 5.72. The number of nitrogens with zero attached hydrogens (tertiary/aromatic N) is 1.